The maximum Gasteiger partial charge on any atom is 0.263 e. The fourth-order valence-electron chi connectivity index (χ4n) is 3.65. The molecule has 2 N–H and O–H groups in total. The van der Waals surface area contributed by atoms with E-state index in [1.54, 1.807) is 6.20 Å². The number of hydrogen-bond acceptors (Lipinski definition) is 3. The second-order valence-electron chi connectivity index (χ2n) is 5.91. The molecule has 0 aromatic rings. The first-order valence-corrected chi connectivity index (χ1v) is 7.89. The predicted molar refractivity (Wildman–Crippen MR) is 79.0 cm³/mol. The molecule has 2 aliphatic carbocycles. The molecule has 2 rings (SSSR count). The predicted octanol–water partition coefficient (Wildman–Crippen LogP) is 2.16. The first-order chi connectivity index (χ1) is 9.65. The summed E-state index contributed by atoms with van der Waals surface area (Å²) in [6.07, 6.45) is 6.93. The zero-order valence-corrected chi connectivity index (χ0v) is 12.6. The first kappa shape index (κ1) is 15.2. The number of nitrogens with one attached hydrogen (secondary N) is 2. The summed E-state index contributed by atoms with van der Waals surface area (Å²) in [7, 11) is 0. The molecule has 4 nitrogen and oxygen atoms in total. The van der Waals surface area contributed by atoms with Gasteiger partial charge in [0.1, 0.15) is 11.6 Å². The summed E-state index contributed by atoms with van der Waals surface area (Å²) in [5, 5.41) is 14.9. The van der Waals surface area contributed by atoms with Gasteiger partial charge in [-0.15, -0.1) is 11.6 Å². The number of carbonyl (C=O) groups is 1. The van der Waals surface area contributed by atoms with Crippen LogP contribution in [-0.4, -0.2) is 24.4 Å². The van der Waals surface area contributed by atoms with Crippen LogP contribution in [0.25, 0.3) is 0 Å². The van der Waals surface area contributed by atoms with Crippen LogP contribution in [-0.2, 0) is 4.79 Å². The summed E-state index contributed by atoms with van der Waals surface area (Å²) in [6, 6.07) is 2.25. The number of nitrogens with zero attached hydrogens (tertiary/aromatic N) is 1. The molecule has 0 heterocycles. The van der Waals surface area contributed by atoms with Crippen molar-refractivity contribution in [1.82, 2.24) is 10.6 Å². The molecule has 2 fully saturated rings. The van der Waals surface area contributed by atoms with Crippen molar-refractivity contribution in [2.24, 2.45) is 17.8 Å². The molecule has 20 heavy (non-hydrogen) atoms. The van der Waals surface area contributed by atoms with Crippen LogP contribution in [0.2, 0.25) is 0 Å². The van der Waals surface area contributed by atoms with E-state index in [1.165, 1.54) is 25.7 Å². The SMILES string of the molecule is CC(N/C=C(/C#N)C(=O)NCCCl)C1CC2CCC1C2. The van der Waals surface area contributed by atoms with Gasteiger partial charge in [0.25, 0.3) is 5.91 Å². The van der Waals surface area contributed by atoms with Gasteiger partial charge in [-0.05, 0) is 43.9 Å². The van der Waals surface area contributed by atoms with Gasteiger partial charge in [-0.1, -0.05) is 6.42 Å². The number of amides is 1. The smallest absolute Gasteiger partial charge is 0.263 e. The molecule has 4 atom stereocenters. The van der Waals surface area contributed by atoms with Crippen molar-refractivity contribution in [2.75, 3.05) is 12.4 Å². The van der Waals surface area contributed by atoms with Crippen molar-refractivity contribution in [3.63, 3.8) is 0 Å². The number of hydrogen-bond donors (Lipinski definition) is 2. The summed E-state index contributed by atoms with van der Waals surface area (Å²) in [5.41, 5.74) is 0.116. The van der Waals surface area contributed by atoms with E-state index >= 15 is 0 Å². The second-order valence-corrected chi connectivity index (χ2v) is 6.29. The fourth-order valence-corrected chi connectivity index (χ4v) is 3.74. The van der Waals surface area contributed by atoms with Crippen molar-refractivity contribution in [2.45, 2.75) is 38.6 Å². The van der Waals surface area contributed by atoms with Gasteiger partial charge >= 0.3 is 0 Å². The van der Waals surface area contributed by atoms with Crippen LogP contribution >= 0.6 is 11.6 Å². The Hall–Kier alpha value is -1.21. The first-order valence-electron chi connectivity index (χ1n) is 7.36. The summed E-state index contributed by atoms with van der Waals surface area (Å²) in [5.74, 6) is 2.39. The van der Waals surface area contributed by atoms with Crippen molar-refractivity contribution in [3.8, 4) is 6.07 Å². The molecule has 2 saturated carbocycles. The van der Waals surface area contributed by atoms with Crippen molar-refractivity contribution in [3.05, 3.63) is 11.8 Å². The molecule has 0 aromatic carbocycles. The Morgan fingerprint density at radius 2 is 2.30 bits per heavy atom. The van der Waals surface area contributed by atoms with Crippen LogP contribution in [0.5, 0.6) is 0 Å². The van der Waals surface area contributed by atoms with Gasteiger partial charge in [-0.25, -0.2) is 0 Å². The van der Waals surface area contributed by atoms with E-state index in [-0.39, 0.29) is 11.5 Å². The number of halogens is 1. The van der Waals surface area contributed by atoms with Crippen LogP contribution in [0.3, 0.4) is 0 Å². The van der Waals surface area contributed by atoms with E-state index in [4.69, 9.17) is 16.9 Å². The molecule has 0 saturated heterocycles. The average Bonchev–Trinajstić information content (AvgIpc) is 3.08. The van der Waals surface area contributed by atoms with Crippen LogP contribution in [0, 0.1) is 29.1 Å². The molecular formula is C15H22ClN3O. The van der Waals surface area contributed by atoms with E-state index in [0.717, 1.165) is 11.8 Å². The maximum atomic E-state index is 11.7. The summed E-state index contributed by atoms with van der Waals surface area (Å²) < 4.78 is 0. The van der Waals surface area contributed by atoms with Crippen LogP contribution < -0.4 is 10.6 Å². The molecule has 2 aliphatic rings. The number of fused-ring (bicyclic) bond motifs is 2. The summed E-state index contributed by atoms with van der Waals surface area (Å²) in [6.45, 7) is 2.52. The van der Waals surface area contributed by atoms with E-state index in [9.17, 15) is 4.79 Å². The third-order valence-corrected chi connectivity index (χ3v) is 4.86. The normalized spacial score (nSPS) is 29.9. The monoisotopic (exact) mass is 295 g/mol. The highest BCUT2D eigenvalue weighted by Gasteiger charge is 2.41. The summed E-state index contributed by atoms with van der Waals surface area (Å²) >= 11 is 5.51. The second kappa shape index (κ2) is 6.99. The molecule has 0 aliphatic heterocycles. The minimum Gasteiger partial charge on any atom is -0.387 e. The molecular weight excluding hydrogens is 274 g/mol. The number of alkyl halides is 1. The van der Waals surface area contributed by atoms with Crippen LogP contribution in [0.1, 0.15) is 32.6 Å². The van der Waals surface area contributed by atoms with Gasteiger partial charge in [0.2, 0.25) is 0 Å². The highest BCUT2D eigenvalue weighted by molar-refractivity contribution is 6.18. The van der Waals surface area contributed by atoms with E-state index < -0.39 is 0 Å². The highest BCUT2D eigenvalue weighted by atomic mass is 35.5. The zero-order valence-electron chi connectivity index (χ0n) is 11.9. The van der Waals surface area contributed by atoms with Gasteiger partial charge in [-0.2, -0.15) is 5.26 Å². The molecule has 2 bridgehead atoms. The average molecular weight is 296 g/mol. The number of rotatable bonds is 6. The number of carbonyl (C=O) groups excluding carboxylic acids is 1. The Bertz CT molecular complexity index is 429. The quantitative estimate of drug-likeness (QED) is 0.448. The van der Waals surface area contributed by atoms with Gasteiger partial charge in [0.05, 0.1) is 0 Å². The fraction of sp³-hybridized carbons (Fsp3) is 0.733. The molecule has 0 radical (unpaired) electrons. The molecule has 1 amide bonds. The van der Waals surface area contributed by atoms with E-state index in [0.29, 0.717) is 24.4 Å². The lowest BCUT2D eigenvalue weighted by molar-refractivity contribution is -0.117. The maximum absolute atomic E-state index is 11.7. The minimum atomic E-state index is -0.360. The van der Waals surface area contributed by atoms with Gasteiger partial charge in [-0.3, -0.25) is 4.79 Å². The minimum absolute atomic E-state index is 0.116. The Morgan fingerprint density at radius 3 is 2.85 bits per heavy atom. The molecule has 5 heteroatoms. The Morgan fingerprint density at radius 1 is 1.50 bits per heavy atom. The van der Waals surface area contributed by atoms with Gasteiger partial charge in [0.15, 0.2) is 0 Å². The Balaban J connectivity index is 1.86. The standard InChI is InChI=1S/C15H22ClN3O/c1-10(14-7-11-2-3-12(14)6-11)19-9-13(8-17)15(20)18-5-4-16/h9-12,14,19H,2-7H2,1H3,(H,18,20)/b13-9-. The summed E-state index contributed by atoms with van der Waals surface area (Å²) in [4.78, 5) is 11.7. The molecule has 0 aromatic heterocycles. The largest absolute Gasteiger partial charge is 0.387 e. The zero-order chi connectivity index (χ0) is 14.5. The van der Waals surface area contributed by atoms with E-state index in [2.05, 4.69) is 17.6 Å². The molecule has 110 valence electrons. The van der Waals surface area contributed by atoms with Crippen LogP contribution in [0.15, 0.2) is 11.8 Å². The van der Waals surface area contributed by atoms with Crippen molar-refractivity contribution in [1.29, 1.82) is 5.26 Å². The topological polar surface area (TPSA) is 64.9 Å². The van der Waals surface area contributed by atoms with Gasteiger partial charge < -0.3 is 10.6 Å². The Kier molecular flexibility index (Phi) is 5.31. The van der Waals surface area contributed by atoms with Gasteiger partial charge in [0, 0.05) is 24.7 Å². The van der Waals surface area contributed by atoms with Crippen molar-refractivity contribution >= 4 is 17.5 Å². The molecule has 0 spiro atoms. The third-order valence-electron chi connectivity index (χ3n) is 4.67. The van der Waals surface area contributed by atoms with Crippen LogP contribution in [0.4, 0.5) is 0 Å². The Labute approximate surface area is 125 Å². The third kappa shape index (κ3) is 3.46. The molecule has 4 unspecified atom stereocenters. The lowest BCUT2D eigenvalue weighted by atomic mass is 9.84. The van der Waals surface area contributed by atoms with E-state index in [1.807, 2.05) is 6.07 Å². The lowest BCUT2D eigenvalue weighted by Gasteiger charge is -2.28. The lowest BCUT2D eigenvalue weighted by Crippen LogP contribution is -2.34. The number of nitriles is 1. The highest BCUT2D eigenvalue weighted by Crippen LogP contribution is 2.49. The van der Waals surface area contributed by atoms with Crippen molar-refractivity contribution < 1.29 is 4.79 Å².